The van der Waals surface area contributed by atoms with E-state index < -0.39 is 0 Å². The molecule has 0 aromatic carbocycles. The second kappa shape index (κ2) is 5.86. The lowest BCUT2D eigenvalue weighted by atomic mass is 10.1. The minimum absolute atomic E-state index is 0.681. The monoisotopic (exact) mass is 194 g/mol. The average molecular weight is 194 g/mol. The maximum absolute atomic E-state index is 3.59. The first kappa shape index (κ1) is 11.3. The summed E-state index contributed by atoms with van der Waals surface area (Å²) in [7, 11) is 2.06. The molecular formula is C12H22N2. The summed E-state index contributed by atoms with van der Waals surface area (Å²) >= 11 is 0. The molecule has 14 heavy (non-hydrogen) atoms. The molecule has 0 spiro atoms. The van der Waals surface area contributed by atoms with Crippen molar-refractivity contribution in [3.05, 3.63) is 24.0 Å². The fraction of sp³-hybridized carbons (Fsp3) is 0.667. The third kappa shape index (κ3) is 3.54. The van der Waals surface area contributed by atoms with Gasteiger partial charge in [-0.3, -0.25) is 0 Å². The highest BCUT2D eigenvalue weighted by atomic mass is 14.9. The molecule has 1 rings (SSSR count). The van der Waals surface area contributed by atoms with Gasteiger partial charge >= 0.3 is 0 Å². The molecule has 0 saturated carbocycles. The van der Waals surface area contributed by atoms with Crippen molar-refractivity contribution in [3.63, 3.8) is 0 Å². The van der Waals surface area contributed by atoms with Crippen molar-refractivity contribution in [3.8, 4) is 0 Å². The number of nitrogens with one attached hydrogen (secondary N) is 1. The molecule has 0 saturated heterocycles. The minimum atomic E-state index is 0.681. The summed E-state index contributed by atoms with van der Waals surface area (Å²) in [6, 6.07) is 2.85. The smallest absolute Gasteiger partial charge is 0.0223 e. The predicted molar refractivity (Wildman–Crippen MR) is 61.2 cm³/mol. The van der Waals surface area contributed by atoms with Gasteiger partial charge in [0.2, 0.25) is 0 Å². The molecule has 80 valence electrons. The Bertz CT molecular complexity index is 253. The van der Waals surface area contributed by atoms with Gasteiger partial charge < -0.3 is 9.88 Å². The van der Waals surface area contributed by atoms with E-state index in [2.05, 4.69) is 49.2 Å². The molecule has 1 heterocycles. The Kier molecular flexibility index (Phi) is 4.74. The van der Waals surface area contributed by atoms with Gasteiger partial charge in [-0.2, -0.15) is 0 Å². The maximum Gasteiger partial charge on any atom is 0.0223 e. The molecule has 1 atom stereocenters. The zero-order valence-corrected chi connectivity index (χ0v) is 9.59. The summed E-state index contributed by atoms with van der Waals surface area (Å²) in [5.74, 6) is 0. The van der Waals surface area contributed by atoms with Gasteiger partial charge in [0.05, 0.1) is 0 Å². The molecule has 0 aliphatic heterocycles. The van der Waals surface area contributed by atoms with E-state index in [-0.39, 0.29) is 0 Å². The van der Waals surface area contributed by atoms with E-state index in [1.807, 2.05) is 0 Å². The molecule has 2 nitrogen and oxygen atoms in total. The summed E-state index contributed by atoms with van der Waals surface area (Å²) in [5, 5.41) is 3.59. The standard InChI is InChI=1S/C12H22N2/c1-4-6-12(5-2)13-9-11-7-8-14(3)10-11/h7-8,10,12-13H,4-6,9H2,1-3H3. The zero-order valence-electron chi connectivity index (χ0n) is 9.59. The van der Waals surface area contributed by atoms with Gasteiger partial charge in [0.1, 0.15) is 0 Å². The lowest BCUT2D eigenvalue weighted by Crippen LogP contribution is -2.27. The first-order valence-corrected chi connectivity index (χ1v) is 5.60. The van der Waals surface area contributed by atoms with Crippen LogP contribution in [0.2, 0.25) is 0 Å². The van der Waals surface area contributed by atoms with Crippen molar-refractivity contribution in [2.75, 3.05) is 0 Å². The largest absolute Gasteiger partial charge is 0.357 e. The number of hydrogen-bond acceptors (Lipinski definition) is 1. The van der Waals surface area contributed by atoms with Crippen molar-refractivity contribution in [2.24, 2.45) is 7.05 Å². The van der Waals surface area contributed by atoms with E-state index in [9.17, 15) is 0 Å². The number of hydrogen-bond donors (Lipinski definition) is 1. The molecule has 0 bridgehead atoms. The molecule has 1 N–H and O–H groups in total. The van der Waals surface area contributed by atoms with Gasteiger partial charge in [0, 0.05) is 32.0 Å². The van der Waals surface area contributed by atoms with Crippen LogP contribution < -0.4 is 5.32 Å². The Balaban J connectivity index is 2.31. The molecule has 1 aromatic heterocycles. The molecule has 1 aromatic rings. The van der Waals surface area contributed by atoms with Crippen LogP contribution in [-0.2, 0) is 13.6 Å². The van der Waals surface area contributed by atoms with Gasteiger partial charge in [-0.1, -0.05) is 20.3 Å². The first-order chi connectivity index (χ1) is 6.76. The lowest BCUT2D eigenvalue weighted by Gasteiger charge is -2.15. The average Bonchev–Trinajstić information content (AvgIpc) is 2.59. The molecule has 1 unspecified atom stereocenters. The van der Waals surface area contributed by atoms with Gasteiger partial charge in [-0.15, -0.1) is 0 Å². The number of aryl methyl sites for hydroxylation is 1. The molecule has 0 fully saturated rings. The molecule has 0 aliphatic rings. The van der Waals surface area contributed by atoms with Crippen LogP contribution in [0.25, 0.3) is 0 Å². The van der Waals surface area contributed by atoms with Crippen LogP contribution in [-0.4, -0.2) is 10.6 Å². The van der Waals surface area contributed by atoms with Crippen LogP contribution in [0.5, 0.6) is 0 Å². The summed E-state index contributed by atoms with van der Waals surface area (Å²) in [6.07, 6.45) is 8.04. The van der Waals surface area contributed by atoms with E-state index in [1.54, 1.807) is 0 Å². The Hall–Kier alpha value is -0.760. The van der Waals surface area contributed by atoms with Crippen LogP contribution in [0.15, 0.2) is 18.5 Å². The van der Waals surface area contributed by atoms with E-state index in [0.717, 1.165) is 6.54 Å². The highest BCUT2D eigenvalue weighted by molar-refractivity contribution is 5.09. The molecular weight excluding hydrogens is 172 g/mol. The molecule has 0 aliphatic carbocycles. The number of rotatable bonds is 6. The van der Waals surface area contributed by atoms with Gasteiger partial charge in [-0.25, -0.2) is 0 Å². The van der Waals surface area contributed by atoms with E-state index in [1.165, 1.54) is 24.8 Å². The Morgan fingerprint density at radius 3 is 2.71 bits per heavy atom. The number of nitrogens with zero attached hydrogens (tertiary/aromatic N) is 1. The summed E-state index contributed by atoms with van der Waals surface area (Å²) in [5.41, 5.74) is 1.38. The SMILES string of the molecule is CCCC(CC)NCc1ccn(C)c1. The quantitative estimate of drug-likeness (QED) is 0.736. The normalized spacial score (nSPS) is 13.1. The molecule has 0 amide bonds. The lowest BCUT2D eigenvalue weighted by molar-refractivity contribution is 0.462. The van der Waals surface area contributed by atoms with Crippen LogP contribution >= 0.6 is 0 Å². The van der Waals surface area contributed by atoms with Crippen molar-refractivity contribution < 1.29 is 0 Å². The second-order valence-corrected chi connectivity index (χ2v) is 3.96. The second-order valence-electron chi connectivity index (χ2n) is 3.96. The highest BCUT2D eigenvalue weighted by Crippen LogP contribution is 2.04. The Morgan fingerprint density at radius 1 is 1.43 bits per heavy atom. The first-order valence-electron chi connectivity index (χ1n) is 5.60. The van der Waals surface area contributed by atoms with Crippen molar-refractivity contribution >= 4 is 0 Å². The van der Waals surface area contributed by atoms with Crippen LogP contribution in [0, 0.1) is 0 Å². The van der Waals surface area contributed by atoms with Gasteiger partial charge in [-0.05, 0) is 24.5 Å². The van der Waals surface area contributed by atoms with Crippen molar-refractivity contribution in [1.82, 2.24) is 9.88 Å². The zero-order chi connectivity index (χ0) is 10.4. The highest BCUT2D eigenvalue weighted by Gasteiger charge is 2.03. The van der Waals surface area contributed by atoms with E-state index in [4.69, 9.17) is 0 Å². The third-order valence-corrected chi connectivity index (χ3v) is 2.62. The van der Waals surface area contributed by atoms with Crippen LogP contribution in [0.3, 0.4) is 0 Å². The minimum Gasteiger partial charge on any atom is -0.357 e. The fourth-order valence-corrected chi connectivity index (χ4v) is 1.73. The van der Waals surface area contributed by atoms with Crippen LogP contribution in [0.1, 0.15) is 38.7 Å². The van der Waals surface area contributed by atoms with Crippen LogP contribution in [0.4, 0.5) is 0 Å². The number of aromatic nitrogens is 1. The fourth-order valence-electron chi connectivity index (χ4n) is 1.73. The molecule has 0 radical (unpaired) electrons. The third-order valence-electron chi connectivity index (χ3n) is 2.62. The Labute approximate surface area is 87.3 Å². The van der Waals surface area contributed by atoms with Gasteiger partial charge in [0.25, 0.3) is 0 Å². The van der Waals surface area contributed by atoms with E-state index >= 15 is 0 Å². The van der Waals surface area contributed by atoms with Gasteiger partial charge in [0.15, 0.2) is 0 Å². The summed E-state index contributed by atoms with van der Waals surface area (Å²) in [6.45, 7) is 5.49. The Morgan fingerprint density at radius 2 is 2.21 bits per heavy atom. The summed E-state index contributed by atoms with van der Waals surface area (Å²) in [4.78, 5) is 0. The van der Waals surface area contributed by atoms with Crippen molar-refractivity contribution in [1.29, 1.82) is 0 Å². The maximum atomic E-state index is 3.59. The predicted octanol–water partition coefficient (Wildman–Crippen LogP) is 2.69. The van der Waals surface area contributed by atoms with E-state index in [0.29, 0.717) is 6.04 Å². The topological polar surface area (TPSA) is 17.0 Å². The molecule has 2 heteroatoms. The summed E-state index contributed by atoms with van der Waals surface area (Å²) < 4.78 is 2.10. The van der Waals surface area contributed by atoms with Crippen molar-refractivity contribution in [2.45, 2.75) is 45.7 Å².